The zero-order chi connectivity index (χ0) is 12.8. The molecule has 1 atom stereocenters. The van der Waals surface area contributed by atoms with E-state index >= 15 is 0 Å². The molecule has 1 rings (SSSR count). The van der Waals surface area contributed by atoms with Crippen LogP contribution in [0.3, 0.4) is 0 Å². The van der Waals surface area contributed by atoms with E-state index in [0.717, 1.165) is 19.4 Å². The van der Waals surface area contributed by atoms with Gasteiger partial charge < -0.3 is 20.7 Å². The second-order valence-electron chi connectivity index (χ2n) is 5.08. The normalized spacial score (nSPS) is 17.7. The van der Waals surface area contributed by atoms with Gasteiger partial charge >= 0.3 is 0 Å². The minimum atomic E-state index is -0.270. The Morgan fingerprint density at radius 2 is 2.18 bits per heavy atom. The topological polar surface area (TPSA) is 67.6 Å². The van der Waals surface area contributed by atoms with E-state index in [-0.39, 0.29) is 18.1 Å². The highest BCUT2D eigenvalue weighted by Gasteiger charge is 2.27. The first kappa shape index (κ1) is 14.4. The summed E-state index contributed by atoms with van der Waals surface area (Å²) in [5.41, 5.74) is 5.38. The van der Waals surface area contributed by atoms with Crippen LogP contribution in [0.5, 0.6) is 0 Å². The summed E-state index contributed by atoms with van der Waals surface area (Å²) in [5, 5.41) is 3.26. The quantitative estimate of drug-likeness (QED) is 0.596. The van der Waals surface area contributed by atoms with Crippen molar-refractivity contribution >= 4 is 5.91 Å². The molecule has 0 saturated heterocycles. The number of amides is 1. The molecule has 100 valence electrons. The highest BCUT2D eigenvalue weighted by atomic mass is 16.5. The molecule has 0 radical (unpaired) electrons. The zero-order valence-electron chi connectivity index (χ0n) is 11.1. The molecular weight excluding hydrogens is 218 g/mol. The molecular formula is C12H25N3O2. The highest BCUT2D eigenvalue weighted by molar-refractivity contribution is 5.80. The smallest absolute Gasteiger partial charge is 0.235 e. The van der Waals surface area contributed by atoms with E-state index in [9.17, 15) is 4.79 Å². The zero-order valence-corrected chi connectivity index (χ0v) is 11.1. The summed E-state index contributed by atoms with van der Waals surface area (Å²) in [5.74, 6) is -0.270. The Morgan fingerprint density at radius 1 is 1.53 bits per heavy atom. The van der Waals surface area contributed by atoms with E-state index in [1.54, 1.807) is 0 Å². The second kappa shape index (κ2) is 6.93. The molecule has 1 amide bonds. The molecule has 0 heterocycles. The van der Waals surface area contributed by atoms with Crippen LogP contribution in [-0.4, -0.2) is 55.7 Å². The van der Waals surface area contributed by atoms with Crippen LogP contribution in [0, 0.1) is 0 Å². The van der Waals surface area contributed by atoms with Gasteiger partial charge in [0.25, 0.3) is 0 Å². The third-order valence-corrected chi connectivity index (χ3v) is 2.78. The number of primary amides is 1. The molecule has 1 aliphatic carbocycles. The van der Waals surface area contributed by atoms with Crippen LogP contribution in [0.2, 0.25) is 0 Å². The lowest BCUT2D eigenvalue weighted by Gasteiger charge is -2.23. The Balaban J connectivity index is 2.20. The Kier molecular flexibility index (Phi) is 5.88. The van der Waals surface area contributed by atoms with Crippen molar-refractivity contribution in [1.29, 1.82) is 0 Å². The monoisotopic (exact) mass is 243 g/mol. The van der Waals surface area contributed by atoms with E-state index in [0.29, 0.717) is 19.2 Å². The fourth-order valence-corrected chi connectivity index (χ4v) is 1.61. The lowest BCUT2D eigenvalue weighted by atomic mass is 10.2. The number of nitrogens with two attached hydrogens (primary N) is 1. The van der Waals surface area contributed by atoms with Gasteiger partial charge in [-0.05, 0) is 33.7 Å². The summed E-state index contributed by atoms with van der Waals surface area (Å²) < 4.78 is 5.47. The maximum atomic E-state index is 11.3. The number of likely N-dealkylation sites (N-methyl/N-ethyl adjacent to an activating group) is 1. The van der Waals surface area contributed by atoms with E-state index in [2.05, 4.69) is 10.2 Å². The summed E-state index contributed by atoms with van der Waals surface area (Å²) in [6.07, 6.45) is 2.56. The SMILES string of the molecule is CC(C)OCCN(C)CC(NC1CC1)C(N)=O. The molecule has 5 nitrogen and oxygen atoms in total. The molecule has 0 bridgehead atoms. The molecule has 0 aromatic rings. The number of carbonyl (C=O) groups is 1. The van der Waals surface area contributed by atoms with Crippen molar-refractivity contribution in [1.82, 2.24) is 10.2 Å². The van der Waals surface area contributed by atoms with Gasteiger partial charge in [-0.3, -0.25) is 4.79 Å². The Bertz CT molecular complexity index is 242. The third-order valence-electron chi connectivity index (χ3n) is 2.78. The second-order valence-corrected chi connectivity index (χ2v) is 5.08. The number of hydrogen-bond acceptors (Lipinski definition) is 4. The average molecular weight is 243 g/mol. The van der Waals surface area contributed by atoms with Crippen molar-refractivity contribution in [2.24, 2.45) is 5.73 Å². The first-order valence-corrected chi connectivity index (χ1v) is 6.34. The lowest BCUT2D eigenvalue weighted by molar-refractivity contribution is -0.120. The van der Waals surface area contributed by atoms with Crippen molar-refractivity contribution in [2.45, 2.75) is 44.9 Å². The molecule has 1 aliphatic rings. The van der Waals surface area contributed by atoms with Crippen LogP contribution in [0.25, 0.3) is 0 Å². The van der Waals surface area contributed by atoms with E-state index < -0.39 is 0 Å². The summed E-state index contributed by atoms with van der Waals surface area (Å²) in [6, 6.07) is 0.249. The third kappa shape index (κ3) is 6.61. The molecule has 17 heavy (non-hydrogen) atoms. The number of nitrogens with zero attached hydrogens (tertiary/aromatic N) is 1. The fourth-order valence-electron chi connectivity index (χ4n) is 1.61. The van der Waals surface area contributed by atoms with Gasteiger partial charge in [-0.15, -0.1) is 0 Å². The van der Waals surface area contributed by atoms with Gasteiger partial charge in [-0.2, -0.15) is 0 Å². The van der Waals surface area contributed by atoms with Gasteiger partial charge in [-0.25, -0.2) is 0 Å². The molecule has 0 spiro atoms. The van der Waals surface area contributed by atoms with Crippen LogP contribution in [0.1, 0.15) is 26.7 Å². The van der Waals surface area contributed by atoms with Gasteiger partial charge in [0.1, 0.15) is 0 Å². The number of ether oxygens (including phenoxy) is 1. The van der Waals surface area contributed by atoms with Crippen LogP contribution in [-0.2, 0) is 9.53 Å². The highest BCUT2D eigenvalue weighted by Crippen LogP contribution is 2.19. The first-order chi connectivity index (χ1) is 7.99. The van der Waals surface area contributed by atoms with E-state index in [4.69, 9.17) is 10.5 Å². The van der Waals surface area contributed by atoms with Crippen molar-refractivity contribution in [3.05, 3.63) is 0 Å². The average Bonchev–Trinajstić information content (AvgIpc) is 2.99. The largest absolute Gasteiger partial charge is 0.377 e. The van der Waals surface area contributed by atoms with Gasteiger partial charge in [-0.1, -0.05) is 0 Å². The molecule has 3 N–H and O–H groups in total. The maximum absolute atomic E-state index is 11.3. The summed E-state index contributed by atoms with van der Waals surface area (Å²) in [4.78, 5) is 13.4. The standard InChI is InChI=1S/C12H25N3O2/c1-9(2)17-7-6-15(3)8-11(12(13)16)14-10-4-5-10/h9-11,14H,4-8H2,1-3H3,(H2,13,16). The van der Waals surface area contributed by atoms with Crippen molar-refractivity contribution in [3.8, 4) is 0 Å². The molecule has 1 saturated carbocycles. The fraction of sp³-hybridized carbons (Fsp3) is 0.917. The number of hydrogen-bond donors (Lipinski definition) is 2. The lowest BCUT2D eigenvalue weighted by Crippen LogP contribution is -2.49. The van der Waals surface area contributed by atoms with Gasteiger partial charge in [0.2, 0.25) is 5.91 Å². The van der Waals surface area contributed by atoms with Crippen molar-refractivity contribution in [2.75, 3.05) is 26.7 Å². The van der Waals surface area contributed by atoms with Crippen LogP contribution < -0.4 is 11.1 Å². The van der Waals surface area contributed by atoms with E-state index in [1.165, 1.54) is 0 Å². The maximum Gasteiger partial charge on any atom is 0.235 e. The van der Waals surface area contributed by atoms with Gasteiger partial charge in [0.05, 0.1) is 18.8 Å². The minimum Gasteiger partial charge on any atom is -0.377 e. The molecule has 1 fully saturated rings. The number of nitrogens with one attached hydrogen (secondary N) is 1. The van der Waals surface area contributed by atoms with Crippen molar-refractivity contribution in [3.63, 3.8) is 0 Å². The van der Waals surface area contributed by atoms with Crippen LogP contribution >= 0.6 is 0 Å². The van der Waals surface area contributed by atoms with Crippen molar-refractivity contribution < 1.29 is 9.53 Å². The molecule has 0 aliphatic heterocycles. The summed E-state index contributed by atoms with van der Waals surface area (Å²) in [7, 11) is 1.98. The predicted octanol–water partition coefficient (Wildman–Crippen LogP) is -0.0509. The predicted molar refractivity (Wildman–Crippen MR) is 67.7 cm³/mol. The van der Waals surface area contributed by atoms with Crippen LogP contribution in [0.15, 0.2) is 0 Å². The van der Waals surface area contributed by atoms with Crippen LogP contribution in [0.4, 0.5) is 0 Å². The number of carbonyl (C=O) groups excluding carboxylic acids is 1. The summed E-state index contributed by atoms with van der Waals surface area (Å²) in [6.45, 7) is 6.17. The summed E-state index contributed by atoms with van der Waals surface area (Å²) >= 11 is 0. The molecule has 1 unspecified atom stereocenters. The first-order valence-electron chi connectivity index (χ1n) is 6.34. The Labute approximate surface area is 104 Å². The Hall–Kier alpha value is -0.650. The molecule has 0 aromatic heterocycles. The molecule has 0 aromatic carbocycles. The molecule has 5 heteroatoms. The van der Waals surface area contributed by atoms with Gasteiger partial charge in [0, 0.05) is 19.1 Å². The Morgan fingerprint density at radius 3 is 2.65 bits per heavy atom. The minimum absolute atomic E-state index is 0.244. The van der Waals surface area contributed by atoms with Gasteiger partial charge in [0.15, 0.2) is 0 Å². The number of rotatable bonds is 9. The van der Waals surface area contributed by atoms with E-state index in [1.807, 2.05) is 20.9 Å².